The molecule has 1 aromatic rings. The van der Waals surface area contributed by atoms with Crippen molar-refractivity contribution in [1.82, 2.24) is 0 Å². The van der Waals surface area contributed by atoms with Gasteiger partial charge >= 0.3 is 0 Å². The van der Waals surface area contributed by atoms with E-state index in [1.54, 1.807) is 12.1 Å². The first kappa shape index (κ1) is 13.2. The molecule has 18 heavy (non-hydrogen) atoms. The summed E-state index contributed by atoms with van der Waals surface area (Å²) < 4.78 is 0. The fraction of sp³-hybridized carbons (Fsp3) is 0.385. The Kier molecular flexibility index (Phi) is 3.52. The minimum Gasteiger partial charge on any atom is -0.323 e. The van der Waals surface area contributed by atoms with Gasteiger partial charge in [0, 0.05) is 5.02 Å². The molecule has 0 saturated heterocycles. The predicted octanol–water partition coefficient (Wildman–Crippen LogP) is 3.93. The van der Waals surface area contributed by atoms with E-state index < -0.39 is 5.41 Å². The van der Waals surface area contributed by atoms with Crippen LogP contribution in [-0.4, -0.2) is 5.91 Å². The second-order valence-corrected chi connectivity index (χ2v) is 5.40. The summed E-state index contributed by atoms with van der Waals surface area (Å²) in [6.07, 6.45) is 2.11. The molecule has 3 nitrogen and oxygen atoms in total. The quantitative estimate of drug-likeness (QED) is 0.893. The number of benzene rings is 1. The highest BCUT2D eigenvalue weighted by Crippen LogP contribution is 2.41. The van der Waals surface area contributed by atoms with Crippen molar-refractivity contribution in [2.45, 2.75) is 26.2 Å². The molecule has 0 aromatic heterocycles. The average molecular weight is 283 g/mol. The molecule has 0 aliphatic heterocycles. The summed E-state index contributed by atoms with van der Waals surface area (Å²) in [7, 11) is 0. The van der Waals surface area contributed by atoms with Crippen molar-refractivity contribution in [3.05, 3.63) is 27.7 Å². The van der Waals surface area contributed by atoms with Crippen LogP contribution in [0.25, 0.3) is 0 Å². The van der Waals surface area contributed by atoms with Gasteiger partial charge < -0.3 is 5.32 Å². The van der Waals surface area contributed by atoms with E-state index in [1.807, 2.05) is 6.92 Å². The maximum absolute atomic E-state index is 12.1. The molecule has 0 spiro atoms. The lowest BCUT2D eigenvalue weighted by Gasteiger charge is -2.33. The molecule has 1 saturated carbocycles. The average Bonchev–Trinajstić information content (AvgIpc) is 2.25. The Morgan fingerprint density at radius 3 is 2.56 bits per heavy atom. The van der Waals surface area contributed by atoms with E-state index in [0.29, 0.717) is 28.6 Å². The summed E-state index contributed by atoms with van der Waals surface area (Å²) in [6.45, 7) is 1.84. The Hall–Kier alpha value is -1.24. The molecular formula is C13H12Cl2N2O. The molecule has 1 aliphatic rings. The predicted molar refractivity (Wildman–Crippen MR) is 71.7 cm³/mol. The Balaban J connectivity index is 2.22. The summed E-state index contributed by atoms with van der Waals surface area (Å²) in [5.74, 6) is -0.293. The molecule has 0 unspecified atom stereocenters. The van der Waals surface area contributed by atoms with Crippen LogP contribution in [0.3, 0.4) is 0 Å². The van der Waals surface area contributed by atoms with Crippen molar-refractivity contribution < 1.29 is 4.79 Å². The van der Waals surface area contributed by atoms with E-state index in [2.05, 4.69) is 11.4 Å². The van der Waals surface area contributed by atoms with E-state index in [0.717, 1.165) is 12.0 Å². The van der Waals surface area contributed by atoms with Crippen LogP contribution in [-0.2, 0) is 4.79 Å². The van der Waals surface area contributed by atoms with Crippen LogP contribution < -0.4 is 5.32 Å². The van der Waals surface area contributed by atoms with Gasteiger partial charge in [-0.05, 0) is 43.9 Å². The van der Waals surface area contributed by atoms with Crippen molar-refractivity contribution in [3.63, 3.8) is 0 Å². The molecule has 1 amide bonds. The number of hydrogen-bond donors (Lipinski definition) is 1. The van der Waals surface area contributed by atoms with Gasteiger partial charge in [0.1, 0.15) is 5.41 Å². The molecule has 0 radical (unpaired) electrons. The Bertz CT molecular complexity index is 545. The number of hydrogen-bond acceptors (Lipinski definition) is 2. The highest BCUT2D eigenvalue weighted by molar-refractivity contribution is 6.36. The smallest absolute Gasteiger partial charge is 0.244 e. The van der Waals surface area contributed by atoms with Gasteiger partial charge in [-0.1, -0.05) is 23.2 Å². The van der Waals surface area contributed by atoms with E-state index >= 15 is 0 Å². The number of anilines is 1. The van der Waals surface area contributed by atoms with Gasteiger partial charge in [-0.2, -0.15) is 5.26 Å². The van der Waals surface area contributed by atoms with Crippen LogP contribution in [0.2, 0.25) is 10.0 Å². The molecule has 1 aliphatic carbocycles. The fourth-order valence-corrected chi connectivity index (χ4v) is 2.33. The van der Waals surface area contributed by atoms with Crippen molar-refractivity contribution in [2.75, 3.05) is 5.32 Å². The minimum atomic E-state index is -0.888. The Morgan fingerprint density at radius 2 is 2.06 bits per heavy atom. The van der Waals surface area contributed by atoms with Gasteiger partial charge in [0.05, 0.1) is 16.8 Å². The highest BCUT2D eigenvalue weighted by atomic mass is 35.5. The molecule has 0 bridgehead atoms. The third-order valence-electron chi connectivity index (χ3n) is 3.35. The molecule has 2 rings (SSSR count). The standard InChI is InChI=1S/C13H12Cl2N2O/c1-8-5-10(15)11(6-9(8)14)17-12(18)13(7-16)3-2-4-13/h5-6H,2-4H2,1H3,(H,17,18). The molecular weight excluding hydrogens is 271 g/mol. The highest BCUT2D eigenvalue weighted by Gasteiger charge is 2.44. The van der Waals surface area contributed by atoms with Crippen LogP contribution in [0.15, 0.2) is 12.1 Å². The number of nitriles is 1. The molecule has 0 atom stereocenters. The lowest BCUT2D eigenvalue weighted by molar-refractivity contribution is -0.126. The molecule has 5 heteroatoms. The number of nitrogens with zero attached hydrogens (tertiary/aromatic N) is 1. The van der Waals surface area contributed by atoms with Gasteiger partial charge in [-0.3, -0.25) is 4.79 Å². The van der Waals surface area contributed by atoms with E-state index in [-0.39, 0.29) is 5.91 Å². The number of carbonyl (C=O) groups is 1. The van der Waals surface area contributed by atoms with Crippen molar-refractivity contribution in [3.8, 4) is 6.07 Å². The zero-order valence-electron chi connectivity index (χ0n) is 9.89. The van der Waals surface area contributed by atoms with Gasteiger partial charge in [0.25, 0.3) is 0 Å². The Morgan fingerprint density at radius 1 is 1.39 bits per heavy atom. The number of halogens is 2. The molecule has 0 heterocycles. The van der Waals surface area contributed by atoms with Gasteiger partial charge in [-0.15, -0.1) is 0 Å². The monoisotopic (exact) mass is 282 g/mol. The summed E-state index contributed by atoms with van der Waals surface area (Å²) >= 11 is 12.0. The number of amides is 1. The van der Waals surface area contributed by atoms with Crippen LogP contribution >= 0.6 is 23.2 Å². The van der Waals surface area contributed by atoms with Gasteiger partial charge in [0.15, 0.2) is 0 Å². The zero-order chi connectivity index (χ0) is 13.3. The molecule has 1 fully saturated rings. The second-order valence-electron chi connectivity index (χ2n) is 4.58. The minimum absolute atomic E-state index is 0.293. The van der Waals surface area contributed by atoms with Gasteiger partial charge in [0.2, 0.25) is 5.91 Å². The number of aryl methyl sites for hydroxylation is 1. The van der Waals surface area contributed by atoms with Crippen LogP contribution in [0.4, 0.5) is 5.69 Å². The summed E-state index contributed by atoms with van der Waals surface area (Å²) in [5, 5.41) is 12.7. The first-order valence-electron chi connectivity index (χ1n) is 5.67. The van der Waals surface area contributed by atoms with Crippen LogP contribution in [0.5, 0.6) is 0 Å². The van der Waals surface area contributed by atoms with E-state index in [9.17, 15) is 4.79 Å². The number of rotatable bonds is 2. The molecule has 1 aromatic carbocycles. The van der Waals surface area contributed by atoms with E-state index in [4.69, 9.17) is 28.5 Å². The van der Waals surface area contributed by atoms with Crippen LogP contribution in [0.1, 0.15) is 24.8 Å². The lowest BCUT2D eigenvalue weighted by Crippen LogP contribution is -2.40. The van der Waals surface area contributed by atoms with Crippen molar-refractivity contribution in [1.29, 1.82) is 5.26 Å². The largest absolute Gasteiger partial charge is 0.323 e. The first-order valence-corrected chi connectivity index (χ1v) is 6.42. The van der Waals surface area contributed by atoms with Crippen molar-refractivity contribution >= 4 is 34.8 Å². The summed E-state index contributed by atoms with van der Waals surface area (Å²) in [4.78, 5) is 12.1. The maximum atomic E-state index is 12.1. The van der Waals surface area contributed by atoms with Crippen LogP contribution in [0, 0.1) is 23.7 Å². The topological polar surface area (TPSA) is 52.9 Å². The van der Waals surface area contributed by atoms with Crippen molar-refractivity contribution in [2.24, 2.45) is 5.41 Å². The number of carbonyl (C=O) groups excluding carboxylic acids is 1. The summed E-state index contributed by atoms with van der Waals surface area (Å²) in [6, 6.07) is 5.40. The Labute approximate surface area is 116 Å². The van der Waals surface area contributed by atoms with E-state index in [1.165, 1.54) is 0 Å². The third kappa shape index (κ3) is 2.19. The maximum Gasteiger partial charge on any atom is 0.244 e. The first-order chi connectivity index (χ1) is 8.48. The summed E-state index contributed by atoms with van der Waals surface area (Å²) in [5.41, 5.74) is 0.415. The zero-order valence-corrected chi connectivity index (χ0v) is 11.4. The number of nitrogens with one attached hydrogen (secondary N) is 1. The second kappa shape index (κ2) is 4.79. The lowest BCUT2D eigenvalue weighted by atomic mass is 9.69. The van der Waals surface area contributed by atoms with Gasteiger partial charge in [-0.25, -0.2) is 0 Å². The fourth-order valence-electron chi connectivity index (χ4n) is 1.90. The third-order valence-corrected chi connectivity index (χ3v) is 4.07. The normalized spacial score (nSPS) is 16.6. The SMILES string of the molecule is Cc1cc(Cl)c(NC(=O)C2(C#N)CCC2)cc1Cl. The molecule has 94 valence electrons. The molecule has 1 N–H and O–H groups in total.